The highest BCUT2D eigenvalue weighted by molar-refractivity contribution is 5.94. The Hall–Kier alpha value is -2.41. The molecule has 1 aromatic carbocycles. The number of carbonyl (C=O) groups excluding carboxylic acids is 1. The quantitative estimate of drug-likeness (QED) is 0.538. The van der Waals surface area contributed by atoms with Crippen molar-refractivity contribution in [3.8, 4) is 11.1 Å². The maximum Gasteiger partial charge on any atom is 0.159 e. The van der Waals surface area contributed by atoms with Gasteiger partial charge in [-0.05, 0) is 65.6 Å². The number of hydrogen-bond donors (Lipinski definition) is 0. The molecule has 1 nitrogen and oxygen atoms in total. The highest BCUT2D eigenvalue weighted by Crippen LogP contribution is 2.33. The maximum absolute atomic E-state index is 11.6. The van der Waals surface area contributed by atoms with Crippen LogP contribution in [0.5, 0.6) is 0 Å². The molecule has 0 saturated carbocycles. The molecule has 0 radical (unpaired) electrons. The Kier molecular flexibility index (Phi) is 4.53. The summed E-state index contributed by atoms with van der Waals surface area (Å²) < 4.78 is 0. The molecular formula is C23H24O. The molecule has 0 heterocycles. The first kappa shape index (κ1) is 16.4. The first-order chi connectivity index (χ1) is 11.5. The third kappa shape index (κ3) is 3.26. The van der Waals surface area contributed by atoms with Gasteiger partial charge in [0.25, 0.3) is 0 Å². The van der Waals surface area contributed by atoms with Crippen molar-refractivity contribution in [1.82, 2.24) is 0 Å². The minimum atomic E-state index is 0.117. The molecule has 122 valence electrons. The van der Waals surface area contributed by atoms with Gasteiger partial charge in [-0.25, -0.2) is 0 Å². The maximum atomic E-state index is 11.6. The van der Waals surface area contributed by atoms with Crippen LogP contribution in [-0.4, -0.2) is 5.78 Å². The molecule has 2 aliphatic carbocycles. The van der Waals surface area contributed by atoms with Crippen molar-refractivity contribution >= 4 is 5.78 Å². The van der Waals surface area contributed by atoms with E-state index in [-0.39, 0.29) is 5.78 Å². The molecule has 0 N–H and O–H groups in total. The minimum absolute atomic E-state index is 0.117. The van der Waals surface area contributed by atoms with Crippen LogP contribution in [0.2, 0.25) is 0 Å². The largest absolute Gasteiger partial charge is 0.295 e. The molecule has 0 fully saturated rings. The van der Waals surface area contributed by atoms with E-state index in [2.05, 4.69) is 57.2 Å². The predicted octanol–water partition coefficient (Wildman–Crippen LogP) is 6.02. The summed E-state index contributed by atoms with van der Waals surface area (Å²) in [5.41, 5.74) is 8.60. The summed E-state index contributed by atoms with van der Waals surface area (Å²) in [6, 6.07) is 19.2. The lowest BCUT2D eigenvalue weighted by molar-refractivity contribution is 0.101. The van der Waals surface area contributed by atoms with Crippen LogP contribution in [0.1, 0.15) is 59.3 Å². The number of aryl methyl sites for hydroxylation is 1. The summed E-state index contributed by atoms with van der Waals surface area (Å²) in [4.78, 5) is 11.6. The molecule has 0 spiro atoms. The van der Waals surface area contributed by atoms with Crippen molar-refractivity contribution in [3.63, 3.8) is 0 Å². The lowest BCUT2D eigenvalue weighted by Gasteiger charge is -2.07. The van der Waals surface area contributed by atoms with E-state index >= 15 is 0 Å². The lowest BCUT2D eigenvalue weighted by Crippen LogP contribution is -1.95. The summed E-state index contributed by atoms with van der Waals surface area (Å²) in [7, 11) is 0. The van der Waals surface area contributed by atoms with Gasteiger partial charge in [0, 0.05) is 5.56 Å². The van der Waals surface area contributed by atoms with Gasteiger partial charge in [0.1, 0.15) is 0 Å². The Morgan fingerprint density at radius 2 is 1.75 bits per heavy atom. The number of ketones is 1. The highest BCUT2D eigenvalue weighted by Gasteiger charge is 2.13. The molecule has 2 aliphatic rings. The van der Waals surface area contributed by atoms with Gasteiger partial charge in [-0.1, -0.05) is 62.4 Å². The Balaban J connectivity index is 2.06. The average Bonchev–Trinajstić information content (AvgIpc) is 2.80. The SMILES string of the molecule is CC(=O)c1cccc(Cc2ccc(C(C)C)cc3c(C)ccc2-3)c1. The normalized spacial score (nSPS) is 11.2. The van der Waals surface area contributed by atoms with Gasteiger partial charge < -0.3 is 0 Å². The smallest absolute Gasteiger partial charge is 0.159 e. The Labute approximate surface area is 144 Å². The van der Waals surface area contributed by atoms with Gasteiger partial charge in [-0.3, -0.25) is 4.79 Å². The average molecular weight is 316 g/mol. The van der Waals surface area contributed by atoms with Gasteiger partial charge in [0.2, 0.25) is 0 Å². The lowest BCUT2D eigenvalue weighted by atomic mass is 9.97. The molecule has 1 aromatic rings. The number of carbonyl (C=O) groups is 1. The topological polar surface area (TPSA) is 17.1 Å². The summed E-state index contributed by atoms with van der Waals surface area (Å²) in [6.07, 6.45) is 0.841. The van der Waals surface area contributed by atoms with E-state index in [1.54, 1.807) is 6.92 Å². The van der Waals surface area contributed by atoms with Gasteiger partial charge in [-0.15, -0.1) is 0 Å². The summed E-state index contributed by atoms with van der Waals surface area (Å²) in [5.74, 6) is 0.621. The first-order valence-electron chi connectivity index (χ1n) is 8.57. The fourth-order valence-corrected chi connectivity index (χ4v) is 3.21. The second-order valence-electron chi connectivity index (χ2n) is 6.93. The zero-order chi connectivity index (χ0) is 17.3. The van der Waals surface area contributed by atoms with Gasteiger partial charge >= 0.3 is 0 Å². The fourth-order valence-electron chi connectivity index (χ4n) is 3.21. The third-order valence-corrected chi connectivity index (χ3v) is 4.74. The van der Waals surface area contributed by atoms with Gasteiger partial charge in [0.15, 0.2) is 5.78 Å². The number of fused-ring (bicyclic) bond motifs is 1. The van der Waals surface area contributed by atoms with Gasteiger partial charge in [-0.2, -0.15) is 0 Å². The second kappa shape index (κ2) is 6.60. The van der Waals surface area contributed by atoms with Crippen molar-refractivity contribution in [3.05, 3.63) is 82.4 Å². The van der Waals surface area contributed by atoms with Crippen LogP contribution in [0, 0.1) is 6.92 Å². The molecule has 3 rings (SSSR count). The van der Waals surface area contributed by atoms with E-state index in [1.165, 1.54) is 33.4 Å². The molecular weight excluding hydrogens is 292 g/mol. The fraction of sp³-hybridized carbons (Fsp3) is 0.261. The van der Waals surface area contributed by atoms with Crippen molar-refractivity contribution in [2.45, 2.75) is 40.0 Å². The van der Waals surface area contributed by atoms with Crippen LogP contribution in [0.25, 0.3) is 11.1 Å². The van der Waals surface area contributed by atoms with E-state index in [0.29, 0.717) is 5.92 Å². The zero-order valence-corrected chi connectivity index (χ0v) is 14.9. The monoisotopic (exact) mass is 316 g/mol. The Morgan fingerprint density at radius 3 is 2.46 bits per heavy atom. The van der Waals surface area contributed by atoms with Crippen molar-refractivity contribution in [2.75, 3.05) is 0 Å². The van der Waals surface area contributed by atoms with Crippen LogP contribution in [0.15, 0.2) is 54.6 Å². The molecule has 0 atom stereocenters. The summed E-state index contributed by atoms with van der Waals surface area (Å²) in [6.45, 7) is 8.26. The molecule has 24 heavy (non-hydrogen) atoms. The van der Waals surface area contributed by atoms with E-state index in [9.17, 15) is 4.79 Å². The van der Waals surface area contributed by atoms with Crippen LogP contribution in [0.4, 0.5) is 0 Å². The standard InChI is InChI=1S/C23H24O/c1-15(2)19-9-10-21(22-11-8-16(3)23(22)14-19)13-18-6-5-7-20(12-18)17(4)24/h5-12,14-15H,13H2,1-4H3. The first-order valence-corrected chi connectivity index (χ1v) is 8.57. The van der Waals surface area contributed by atoms with Crippen molar-refractivity contribution < 1.29 is 4.79 Å². The molecule has 1 heteroatoms. The van der Waals surface area contributed by atoms with Crippen LogP contribution in [-0.2, 0) is 6.42 Å². The van der Waals surface area contributed by atoms with E-state index in [0.717, 1.165) is 12.0 Å². The third-order valence-electron chi connectivity index (χ3n) is 4.74. The van der Waals surface area contributed by atoms with Crippen LogP contribution < -0.4 is 0 Å². The Morgan fingerprint density at radius 1 is 0.958 bits per heavy atom. The molecule has 0 aliphatic heterocycles. The number of rotatable bonds is 4. The van der Waals surface area contributed by atoms with Crippen LogP contribution in [0.3, 0.4) is 0 Å². The summed E-state index contributed by atoms with van der Waals surface area (Å²) in [5, 5.41) is 0. The van der Waals surface area contributed by atoms with Crippen molar-refractivity contribution in [2.24, 2.45) is 0 Å². The molecule has 0 amide bonds. The highest BCUT2D eigenvalue weighted by atomic mass is 16.1. The predicted molar refractivity (Wildman–Crippen MR) is 101 cm³/mol. The second-order valence-corrected chi connectivity index (χ2v) is 6.93. The van der Waals surface area contributed by atoms with Crippen LogP contribution >= 0.6 is 0 Å². The number of Topliss-reactive ketones (excluding diaryl/α,β-unsaturated/α-hetero) is 1. The Bertz CT molecular complexity index is 858. The van der Waals surface area contributed by atoms with E-state index in [4.69, 9.17) is 0 Å². The molecule has 0 bridgehead atoms. The van der Waals surface area contributed by atoms with Gasteiger partial charge in [0.05, 0.1) is 0 Å². The minimum Gasteiger partial charge on any atom is -0.295 e. The zero-order valence-electron chi connectivity index (χ0n) is 14.9. The number of benzene rings is 1. The van der Waals surface area contributed by atoms with Crippen molar-refractivity contribution in [1.29, 1.82) is 0 Å². The molecule has 0 aromatic heterocycles. The van der Waals surface area contributed by atoms with E-state index < -0.39 is 0 Å². The van der Waals surface area contributed by atoms with E-state index in [1.807, 2.05) is 18.2 Å². The number of hydrogen-bond acceptors (Lipinski definition) is 1. The molecule has 0 saturated heterocycles. The molecule has 0 unspecified atom stereocenters. The summed E-state index contributed by atoms with van der Waals surface area (Å²) >= 11 is 0.